The van der Waals surface area contributed by atoms with Gasteiger partial charge < -0.3 is 0 Å². The molecule has 0 aromatic carbocycles. The molecule has 0 bridgehead atoms. The predicted molar refractivity (Wildman–Crippen MR) is 106 cm³/mol. The Bertz CT molecular complexity index is 393. The third-order valence-corrected chi connectivity index (χ3v) is 5.51. The van der Waals surface area contributed by atoms with Crippen molar-refractivity contribution in [1.29, 1.82) is 0 Å². The lowest BCUT2D eigenvalue weighted by Crippen LogP contribution is -2.09. The molecule has 0 aromatic heterocycles. The van der Waals surface area contributed by atoms with Gasteiger partial charge in [-0.05, 0) is 43.9 Å². The Morgan fingerprint density at radius 2 is 1.74 bits per heavy atom. The highest BCUT2D eigenvalue weighted by Gasteiger charge is 2.13. The summed E-state index contributed by atoms with van der Waals surface area (Å²) in [7, 11) is 0. The summed E-state index contributed by atoms with van der Waals surface area (Å²) in [6.45, 7) is 18.0. The van der Waals surface area contributed by atoms with Crippen molar-refractivity contribution >= 4 is 0 Å². The Hall–Kier alpha value is -0.960. The molecule has 4 unspecified atom stereocenters. The Balaban J connectivity index is 4.18. The molecule has 132 valence electrons. The van der Waals surface area contributed by atoms with Crippen LogP contribution in [0.25, 0.3) is 0 Å². The lowest BCUT2D eigenvalue weighted by atomic mass is 9.84. The molecule has 0 heteroatoms. The monoisotopic (exact) mass is 316 g/mol. The molecule has 0 rings (SSSR count). The zero-order valence-electron chi connectivity index (χ0n) is 16.6. The van der Waals surface area contributed by atoms with Crippen molar-refractivity contribution in [2.45, 2.75) is 86.5 Å². The van der Waals surface area contributed by atoms with Crippen LogP contribution in [0, 0.1) is 36.0 Å². The second-order valence-electron chi connectivity index (χ2n) is 7.63. The third-order valence-electron chi connectivity index (χ3n) is 5.51. The molecule has 0 radical (unpaired) electrons. The average molecular weight is 317 g/mol. The van der Waals surface area contributed by atoms with E-state index >= 15 is 0 Å². The van der Waals surface area contributed by atoms with Gasteiger partial charge in [0.25, 0.3) is 0 Å². The number of hydrogen-bond acceptors (Lipinski definition) is 0. The van der Waals surface area contributed by atoms with Gasteiger partial charge in [-0.3, -0.25) is 0 Å². The minimum Gasteiger partial charge on any atom is -0.119 e. The normalized spacial score (nSPS) is 17.2. The van der Waals surface area contributed by atoms with Crippen molar-refractivity contribution in [2.75, 3.05) is 0 Å². The summed E-state index contributed by atoms with van der Waals surface area (Å²) in [4.78, 5) is 0. The number of hydrogen-bond donors (Lipinski definition) is 0. The molecule has 0 aliphatic rings. The second kappa shape index (κ2) is 12.5. The van der Waals surface area contributed by atoms with Gasteiger partial charge in [-0.2, -0.15) is 0 Å². The van der Waals surface area contributed by atoms with E-state index < -0.39 is 0 Å². The molecule has 4 atom stereocenters. The van der Waals surface area contributed by atoms with Crippen LogP contribution in [0.5, 0.6) is 0 Å². The van der Waals surface area contributed by atoms with Crippen LogP contribution < -0.4 is 0 Å². The first kappa shape index (κ1) is 22.0. The van der Waals surface area contributed by atoms with Crippen LogP contribution in [0.15, 0.2) is 23.8 Å². The van der Waals surface area contributed by atoms with Crippen LogP contribution in [-0.4, -0.2) is 0 Å². The van der Waals surface area contributed by atoms with Crippen LogP contribution in [0.4, 0.5) is 0 Å². The highest BCUT2D eigenvalue weighted by molar-refractivity contribution is 5.17. The first-order valence-electron chi connectivity index (χ1n) is 9.64. The predicted octanol–water partition coefficient (Wildman–Crippen LogP) is 7.42. The lowest BCUT2D eigenvalue weighted by molar-refractivity contribution is 0.336. The Morgan fingerprint density at radius 3 is 2.26 bits per heavy atom. The van der Waals surface area contributed by atoms with E-state index in [0.29, 0.717) is 5.92 Å². The van der Waals surface area contributed by atoms with E-state index in [4.69, 9.17) is 6.42 Å². The maximum absolute atomic E-state index is 5.58. The molecule has 0 nitrogen and oxygen atoms in total. The molecular formula is C23H40. The van der Waals surface area contributed by atoms with E-state index in [-0.39, 0.29) is 0 Å². The molecule has 0 aromatic rings. The molecule has 0 saturated carbocycles. The highest BCUT2D eigenvalue weighted by atomic mass is 14.2. The SMILES string of the molecule is C#CC(CC)/C(C)=C/CC(=C)CC(C)C(C)CCCC(C)CC. The molecule has 0 heterocycles. The summed E-state index contributed by atoms with van der Waals surface area (Å²) in [6, 6.07) is 0. The van der Waals surface area contributed by atoms with Crippen LogP contribution in [0.2, 0.25) is 0 Å². The maximum atomic E-state index is 5.58. The fourth-order valence-corrected chi connectivity index (χ4v) is 3.04. The standard InChI is InChI=1S/C23H40/c1-9-18(4)13-12-14-20(6)22(8)17-19(5)15-16-21(7)23(10-2)11-3/h2,16,18,20,22-23H,5,9,11-15,17H2,1,3-4,6-8H3/b21-16+. The summed E-state index contributed by atoms with van der Waals surface area (Å²) in [5, 5.41) is 0. The fraction of sp³-hybridized carbons (Fsp3) is 0.739. The first-order chi connectivity index (χ1) is 10.8. The number of allylic oxidation sites excluding steroid dienone is 3. The topological polar surface area (TPSA) is 0 Å². The highest BCUT2D eigenvalue weighted by Crippen LogP contribution is 2.26. The quantitative estimate of drug-likeness (QED) is 0.259. The van der Waals surface area contributed by atoms with Gasteiger partial charge in [-0.1, -0.05) is 90.0 Å². The smallest absolute Gasteiger partial charge is 0.0404 e. The zero-order valence-corrected chi connectivity index (χ0v) is 16.6. The number of rotatable bonds is 12. The van der Waals surface area contributed by atoms with Crippen LogP contribution in [0.1, 0.15) is 86.5 Å². The van der Waals surface area contributed by atoms with E-state index in [1.54, 1.807) is 0 Å². The molecule has 0 aliphatic heterocycles. The molecule has 0 saturated heterocycles. The summed E-state index contributed by atoms with van der Waals surface area (Å²) < 4.78 is 0. The molecular weight excluding hydrogens is 276 g/mol. The van der Waals surface area contributed by atoms with E-state index in [2.05, 4.69) is 60.1 Å². The minimum absolute atomic E-state index is 0.291. The van der Waals surface area contributed by atoms with Gasteiger partial charge >= 0.3 is 0 Å². The number of terminal acetylenes is 1. The Kier molecular flexibility index (Phi) is 11.9. The molecule has 0 amide bonds. The van der Waals surface area contributed by atoms with Gasteiger partial charge in [0.15, 0.2) is 0 Å². The van der Waals surface area contributed by atoms with E-state index in [0.717, 1.165) is 37.0 Å². The van der Waals surface area contributed by atoms with Gasteiger partial charge in [-0.25, -0.2) is 0 Å². The van der Waals surface area contributed by atoms with Crippen LogP contribution in [0.3, 0.4) is 0 Å². The molecule has 0 aliphatic carbocycles. The van der Waals surface area contributed by atoms with Crippen LogP contribution in [-0.2, 0) is 0 Å². The van der Waals surface area contributed by atoms with Gasteiger partial charge in [0.1, 0.15) is 0 Å². The van der Waals surface area contributed by atoms with E-state index in [9.17, 15) is 0 Å². The zero-order chi connectivity index (χ0) is 17.8. The van der Waals surface area contributed by atoms with Crippen molar-refractivity contribution < 1.29 is 0 Å². The van der Waals surface area contributed by atoms with E-state index in [1.807, 2.05) is 0 Å². The average Bonchev–Trinajstić information content (AvgIpc) is 2.53. The third kappa shape index (κ3) is 9.70. The molecule has 0 spiro atoms. The Morgan fingerprint density at radius 1 is 1.09 bits per heavy atom. The largest absolute Gasteiger partial charge is 0.119 e. The summed E-state index contributed by atoms with van der Waals surface area (Å²) in [6.07, 6.45) is 16.4. The fourth-order valence-electron chi connectivity index (χ4n) is 3.04. The van der Waals surface area contributed by atoms with Crippen molar-refractivity contribution in [3.63, 3.8) is 0 Å². The summed E-state index contributed by atoms with van der Waals surface area (Å²) in [5.41, 5.74) is 2.67. The van der Waals surface area contributed by atoms with Crippen molar-refractivity contribution in [1.82, 2.24) is 0 Å². The van der Waals surface area contributed by atoms with E-state index in [1.165, 1.54) is 36.8 Å². The summed E-state index contributed by atoms with van der Waals surface area (Å²) in [5.74, 6) is 5.55. The van der Waals surface area contributed by atoms with Crippen molar-refractivity contribution in [2.24, 2.45) is 23.7 Å². The van der Waals surface area contributed by atoms with Crippen molar-refractivity contribution in [3.8, 4) is 12.3 Å². The molecule has 23 heavy (non-hydrogen) atoms. The summed E-state index contributed by atoms with van der Waals surface area (Å²) >= 11 is 0. The lowest BCUT2D eigenvalue weighted by Gasteiger charge is -2.21. The van der Waals surface area contributed by atoms with Gasteiger partial charge in [0.05, 0.1) is 0 Å². The maximum Gasteiger partial charge on any atom is 0.0404 e. The molecule has 0 N–H and O–H groups in total. The van der Waals surface area contributed by atoms with Crippen molar-refractivity contribution in [3.05, 3.63) is 23.8 Å². The van der Waals surface area contributed by atoms with Gasteiger partial charge in [0.2, 0.25) is 0 Å². The first-order valence-corrected chi connectivity index (χ1v) is 9.64. The van der Waals surface area contributed by atoms with Gasteiger partial charge in [-0.15, -0.1) is 6.42 Å². The molecule has 0 fully saturated rings. The van der Waals surface area contributed by atoms with Crippen LogP contribution >= 0.6 is 0 Å². The minimum atomic E-state index is 0.291. The van der Waals surface area contributed by atoms with Gasteiger partial charge in [0, 0.05) is 5.92 Å². The Labute approximate surface area is 146 Å². The second-order valence-corrected chi connectivity index (χ2v) is 7.63.